The Bertz CT molecular complexity index is 1590. The largest absolute Gasteiger partial charge is 0.0914 e. The van der Waals surface area contributed by atoms with Crippen LogP contribution < -0.4 is 0 Å². The van der Waals surface area contributed by atoms with Crippen molar-refractivity contribution in [1.29, 1.82) is 0 Å². The maximum Gasteiger partial charge on any atom is -0.0233 e. The van der Waals surface area contributed by atoms with E-state index in [1.807, 2.05) is 0 Å². The minimum Gasteiger partial charge on any atom is -0.0914 e. The van der Waals surface area contributed by atoms with Gasteiger partial charge in [-0.1, -0.05) is 209 Å². The average molecular weight is 1110 g/mol. The van der Waals surface area contributed by atoms with Crippen LogP contribution in [0, 0.1) is 136 Å². The van der Waals surface area contributed by atoms with Gasteiger partial charge in [-0.15, -0.1) is 0 Å². The SMILES string of the molecule is CC=CC1CCC(CC(CC(CC(CC)C2CCC(CC)CC2)C2CCC(CC(CC)C3CCC(CC)CC3)CC2)C2CCC(CC(C3CCC(CC(CC)C4CCC(CC)CC4)CC3)C(CC)C3CCC(CC)CC3)CC2)CC1. The van der Waals surface area contributed by atoms with Crippen molar-refractivity contribution in [1.82, 2.24) is 0 Å². The van der Waals surface area contributed by atoms with Crippen molar-refractivity contribution < 1.29 is 0 Å². The third-order valence-electron chi connectivity index (χ3n) is 28.8. The van der Waals surface area contributed by atoms with Crippen LogP contribution >= 0.6 is 0 Å². The minimum atomic E-state index is 0.861. The van der Waals surface area contributed by atoms with Crippen LogP contribution in [0.25, 0.3) is 0 Å². The molecule has 0 heterocycles. The van der Waals surface area contributed by atoms with Crippen LogP contribution in [0.1, 0.15) is 358 Å². The van der Waals surface area contributed by atoms with Crippen molar-refractivity contribution in [2.45, 2.75) is 358 Å². The normalized spacial score (nSPS) is 38.8. The van der Waals surface area contributed by atoms with Crippen LogP contribution in [0.5, 0.6) is 0 Å². The number of allylic oxidation sites excluding steroid dienone is 2. The van der Waals surface area contributed by atoms with E-state index in [0.717, 1.165) is 136 Å². The van der Waals surface area contributed by atoms with Gasteiger partial charge in [0.2, 0.25) is 0 Å². The lowest BCUT2D eigenvalue weighted by molar-refractivity contribution is 0.0455. The molecule has 0 bridgehead atoms. The van der Waals surface area contributed by atoms with E-state index >= 15 is 0 Å². The maximum atomic E-state index is 2.67. The Morgan fingerprint density at radius 3 is 0.875 bits per heavy atom. The Morgan fingerprint density at radius 2 is 0.525 bits per heavy atom. The summed E-state index contributed by atoms with van der Waals surface area (Å²) in [6.45, 7) is 22.6. The second-order valence-corrected chi connectivity index (χ2v) is 32.6. The molecule has 8 saturated carbocycles. The summed E-state index contributed by atoms with van der Waals surface area (Å²) in [5, 5.41) is 0. The molecule has 7 atom stereocenters. The average Bonchev–Trinajstić information content (AvgIpc) is 3.52. The lowest BCUT2D eigenvalue weighted by Crippen LogP contribution is -2.36. The van der Waals surface area contributed by atoms with E-state index in [-0.39, 0.29) is 0 Å². The fourth-order valence-electron chi connectivity index (χ4n) is 22.9. The highest BCUT2D eigenvalue weighted by atomic mass is 14.5. The Kier molecular flexibility index (Phi) is 28.7. The van der Waals surface area contributed by atoms with Gasteiger partial charge in [0, 0.05) is 0 Å². The van der Waals surface area contributed by atoms with Crippen molar-refractivity contribution in [3.05, 3.63) is 12.2 Å². The minimum absolute atomic E-state index is 0.861. The molecule has 0 aromatic carbocycles. The van der Waals surface area contributed by atoms with Crippen LogP contribution in [-0.4, -0.2) is 0 Å². The molecular weight excluding hydrogens is 961 g/mol. The van der Waals surface area contributed by atoms with Gasteiger partial charge in [0.25, 0.3) is 0 Å². The molecule has 80 heavy (non-hydrogen) atoms. The Hall–Kier alpha value is -0.260. The predicted molar refractivity (Wildman–Crippen MR) is 353 cm³/mol. The van der Waals surface area contributed by atoms with Gasteiger partial charge in [0.05, 0.1) is 0 Å². The zero-order chi connectivity index (χ0) is 56.2. The molecular formula is C80H144. The smallest absolute Gasteiger partial charge is 0.0233 e. The predicted octanol–water partition coefficient (Wildman–Crippen LogP) is 25.9. The number of rotatable bonds is 29. The van der Waals surface area contributed by atoms with Crippen molar-refractivity contribution in [3.63, 3.8) is 0 Å². The molecule has 0 heteroatoms. The topological polar surface area (TPSA) is 0 Å². The summed E-state index contributed by atoms with van der Waals surface area (Å²) >= 11 is 0. The van der Waals surface area contributed by atoms with Crippen molar-refractivity contribution in [2.24, 2.45) is 136 Å². The molecule has 0 radical (unpaired) electrons. The highest BCUT2D eigenvalue weighted by Gasteiger charge is 2.43. The van der Waals surface area contributed by atoms with Crippen molar-refractivity contribution >= 4 is 0 Å². The maximum absolute atomic E-state index is 2.67. The van der Waals surface area contributed by atoms with Crippen LogP contribution in [0.2, 0.25) is 0 Å². The molecule has 8 aliphatic carbocycles. The first-order chi connectivity index (χ1) is 39.2. The first-order valence-electron chi connectivity index (χ1n) is 38.8. The van der Waals surface area contributed by atoms with Gasteiger partial charge in [0.15, 0.2) is 0 Å². The second-order valence-electron chi connectivity index (χ2n) is 32.6. The monoisotopic (exact) mass is 1110 g/mol. The molecule has 8 aliphatic rings. The van der Waals surface area contributed by atoms with E-state index in [0.29, 0.717) is 0 Å². The lowest BCUT2D eigenvalue weighted by atomic mass is 9.59. The molecule has 0 nitrogen and oxygen atoms in total. The summed E-state index contributed by atoms with van der Waals surface area (Å²) in [6.07, 6.45) is 75.8. The summed E-state index contributed by atoms with van der Waals surface area (Å²) in [5.74, 6) is 23.2. The standard InChI is InChI=1S/C80H144/c1-10-19-62-20-22-63(23-21-62)54-77(57-78(56-69(17-8)72-42-28-60(13-4)29-43-72)74-44-32-64(33-45-74)52-67(15-6)70-38-24-58(11-2)25-39-70)73-46-34-66(35-47-73)55-80(79(18-9)75-48-30-61(14-5)31-49-75)76-50-36-65(37-51-76)53-68(16-7)71-40-26-59(12-3)27-41-71/h10,19,58-80H,11-18,20-57H2,1-9H3. The zero-order valence-corrected chi connectivity index (χ0v) is 56.0. The molecule has 0 N–H and O–H groups in total. The van der Waals surface area contributed by atoms with E-state index in [1.165, 1.54) is 116 Å². The fourth-order valence-corrected chi connectivity index (χ4v) is 22.9. The van der Waals surface area contributed by atoms with Crippen LogP contribution in [-0.2, 0) is 0 Å². The molecule has 0 aromatic rings. The Balaban J connectivity index is 0.954. The molecule has 0 aromatic heterocycles. The summed E-state index contributed by atoms with van der Waals surface area (Å²) in [7, 11) is 0. The lowest BCUT2D eigenvalue weighted by Gasteiger charge is -2.46. The third-order valence-corrected chi connectivity index (χ3v) is 28.8. The van der Waals surface area contributed by atoms with Gasteiger partial charge in [-0.25, -0.2) is 0 Å². The van der Waals surface area contributed by atoms with Gasteiger partial charge in [-0.05, 0) is 297 Å². The summed E-state index contributed by atoms with van der Waals surface area (Å²) in [6, 6.07) is 0. The van der Waals surface area contributed by atoms with E-state index in [4.69, 9.17) is 0 Å². The van der Waals surface area contributed by atoms with E-state index < -0.39 is 0 Å². The Labute approximate surface area is 503 Å². The summed E-state index contributed by atoms with van der Waals surface area (Å²) in [4.78, 5) is 0. The Morgan fingerprint density at radius 1 is 0.250 bits per heavy atom. The van der Waals surface area contributed by atoms with Crippen LogP contribution in [0.3, 0.4) is 0 Å². The van der Waals surface area contributed by atoms with Crippen LogP contribution in [0.4, 0.5) is 0 Å². The fraction of sp³-hybridized carbons (Fsp3) is 0.975. The van der Waals surface area contributed by atoms with Gasteiger partial charge in [0.1, 0.15) is 0 Å². The molecule has 8 rings (SSSR count). The molecule has 464 valence electrons. The molecule has 0 aliphatic heterocycles. The quantitative estimate of drug-likeness (QED) is 0.0655. The van der Waals surface area contributed by atoms with E-state index in [9.17, 15) is 0 Å². The number of hydrogen-bond acceptors (Lipinski definition) is 0. The second kappa shape index (κ2) is 34.9. The van der Waals surface area contributed by atoms with E-state index in [1.54, 1.807) is 180 Å². The van der Waals surface area contributed by atoms with Gasteiger partial charge < -0.3 is 0 Å². The van der Waals surface area contributed by atoms with E-state index in [2.05, 4.69) is 74.5 Å². The molecule has 0 saturated heterocycles. The molecule has 8 fully saturated rings. The van der Waals surface area contributed by atoms with Gasteiger partial charge >= 0.3 is 0 Å². The van der Waals surface area contributed by atoms with Crippen LogP contribution in [0.15, 0.2) is 12.2 Å². The summed E-state index contributed by atoms with van der Waals surface area (Å²) in [5.41, 5.74) is 0. The highest BCUT2D eigenvalue weighted by Crippen LogP contribution is 2.54. The molecule has 7 unspecified atom stereocenters. The van der Waals surface area contributed by atoms with Crippen molar-refractivity contribution in [2.75, 3.05) is 0 Å². The van der Waals surface area contributed by atoms with Gasteiger partial charge in [-0.2, -0.15) is 0 Å². The molecule has 0 amide bonds. The third kappa shape index (κ3) is 19.1. The van der Waals surface area contributed by atoms with Crippen molar-refractivity contribution in [3.8, 4) is 0 Å². The van der Waals surface area contributed by atoms with Gasteiger partial charge in [-0.3, -0.25) is 0 Å². The first kappa shape index (κ1) is 65.7. The first-order valence-corrected chi connectivity index (χ1v) is 38.8. The molecule has 0 spiro atoms. The zero-order valence-electron chi connectivity index (χ0n) is 56.0. The summed E-state index contributed by atoms with van der Waals surface area (Å²) < 4.78 is 0. The highest BCUT2D eigenvalue weighted by molar-refractivity contribution is 4.95. The number of hydrogen-bond donors (Lipinski definition) is 0.